The van der Waals surface area contributed by atoms with Gasteiger partial charge in [0.25, 0.3) is 0 Å². The summed E-state index contributed by atoms with van der Waals surface area (Å²) in [6.45, 7) is 3.92. The average Bonchev–Trinajstić information content (AvgIpc) is 3.29. The van der Waals surface area contributed by atoms with E-state index in [1.807, 2.05) is 103 Å². The lowest BCUT2D eigenvalue weighted by Gasteiger charge is -2.30. The Morgan fingerprint density at radius 1 is 0.571 bits per heavy atom. The number of carbonyl (C=O) groups is 6. The van der Waals surface area contributed by atoms with E-state index in [4.69, 9.17) is 0 Å². The molecule has 336 valence electrons. The number of hydrogen-bond acceptors (Lipinski definition) is 7. The molecule has 1 heterocycles. The third kappa shape index (κ3) is 17.7. The normalized spacial score (nSPS) is 12.5. The van der Waals surface area contributed by atoms with Crippen LogP contribution in [-0.2, 0) is 54.5 Å². The minimum absolute atomic E-state index is 0.223. The van der Waals surface area contributed by atoms with E-state index in [1.165, 1.54) is 0 Å². The zero-order valence-electron chi connectivity index (χ0n) is 37.3. The molecule has 5 amide bonds. The monoisotopic (exact) mass is 858 g/mol. The van der Waals surface area contributed by atoms with Gasteiger partial charge in [0.2, 0.25) is 29.5 Å². The van der Waals surface area contributed by atoms with Crippen LogP contribution in [0.1, 0.15) is 101 Å². The minimum atomic E-state index is -1.42. The summed E-state index contributed by atoms with van der Waals surface area (Å²) in [5.41, 5.74) is 3.42. The molecule has 0 aliphatic heterocycles. The molecule has 0 fully saturated rings. The van der Waals surface area contributed by atoms with Crippen molar-refractivity contribution in [2.45, 2.75) is 104 Å². The summed E-state index contributed by atoms with van der Waals surface area (Å²) < 4.78 is 0. The van der Waals surface area contributed by atoms with E-state index < -0.39 is 67.0 Å². The standard InChI is InChI=1S/C52H66N4O7/c1-4-5-6-16-27-43(33-40-21-10-7-11-22-40)50(61)54-36-47(57)55(51(62)44(28-19-20-39(2)3)34-41-23-12-8-13-24-41)37-48(58)56(38-49(59)60)52(63)45(35-42-25-14-9-15-26-42)30-31-46-29-17-18-32-53-46/h7-15,17-18,21-26,29,32,39,43-45H,4-6,16,19-20,27-28,30-31,33-38H2,1-3H3,(H,54,61)(H,59,60). The fourth-order valence-corrected chi connectivity index (χ4v) is 7.88. The van der Waals surface area contributed by atoms with Crippen molar-refractivity contribution in [3.05, 3.63) is 138 Å². The Morgan fingerprint density at radius 2 is 1.08 bits per heavy atom. The molecule has 0 radical (unpaired) electrons. The Balaban J connectivity index is 1.65. The second-order valence-corrected chi connectivity index (χ2v) is 16.9. The topological polar surface area (TPSA) is 154 Å². The maximum absolute atomic E-state index is 14.8. The van der Waals surface area contributed by atoms with Crippen molar-refractivity contribution in [3.8, 4) is 0 Å². The lowest BCUT2D eigenvalue weighted by molar-refractivity contribution is -0.159. The van der Waals surface area contributed by atoms with Crippen LogP contribution < -0.4 is 5.32 Å². The molecule has 2 N–H and O–H groups in total. The van der Waals surface area contributed by atoms with Crippen molar-refractivity contribution in [1.82, 2.24) is 20.1 Å². The van der Waals surface area contributed by atoms with Crippen LogP contribution in [0.5, 0.6) is 0 Å². The number of nitrogens with zero attached hydrogens (tertiary/aromatic N) is 3. The summed E-state index contributed by atoms with van der Waals surface area (Å²) in [5, 5.41) is 12.8. The van der Waals surface area contributed by atoms with Crippen molar-refractivity contribution >= 4 is 35.5 Å². The number of aliphatic carboxylic acids is 1. The number of unbranched alkanes of at least 4 members (excludes halogenated alkanes) is 3. The Hall–Kier alpha value is -5.97. The highest BCUT2D eigenvalue weighted by Gasteiger charge is 2.36. The summed E-state index contributed by atoms with van der Waals surface area (Å²) >= 11 is 0. The second-order valence-electron chi connectivity index (χ2n) is 16.9. The number of nitrogens with one attached hydrogen (secondary N) is 1. The van der Waals surface area contributed by atoms with Gasteiger partial charge < -0.3 is 10.4 Å². The highest BCUT2D eigenvalue weighted by molar-refractivity contribution is 6.05. The van der Waals surface area contributed by atoms with Gasteiger partial charge in [-0.3, -0.25) is 43.6 Å². The van der Waals surface area contributed by atoms with E-state index in [0.717, 1.165) is 59.4 Å². The van der Waals surface area contributed by atoms with Crippen LogP contribution in [0.3, 0.4) is 0 Å². The smallest absolute Gasteiger partial charge is 0.323 e. The molecule has 0 saturated heterocycles. The van der Waals surface area contributed by atoms with E-state index in [1.54, 1.807) is 12.3 Å². The van der Waals surface area contributed by atoms with E-state index in [2.05, 4.69) is 31.1 Å². The number of hydrogen-bond donors (Lipinski definition) is 2. The molecule has 11 heteroatoms. The molecule has 0 aliphatic rings. The summed E-state index contributed by atoms with van der Waals surface area (Å²) in [4.78, 5) is 90.2. The number of aryl methyl sites for hydroxylation is 1. The van der Waals surface area contributed by atoms with E-state index in [9.17, 15) is 33.9 Å². The molecule has 11 nitrogen and oxygen atoms in total. The number of imide groups is 2. The molecule has 3 unspecified atom stereocenters. The van der Waals surface area contributed by atoms with Gasteiger partial charge in [0.15, 0.2) is 0 Å². The molecule has 0 bridgehead atoms. The number of carboxylic acids is 1. The highest BCUT2D eigenvalue weighted by atomic mass is 16.4. The zero-order chi connectivity index (χ0) is 45.4. The second kappa shape index (κ2) is 27.2. The van der Waals surface area contributed by atoms with Crippen LogP contribution >= 0.6 is 0 Å². The quantitative estimate of drug-likeness (QED) is 0.0568. The number of carboxylic acid groups (broad SMARTS) is 1. The van der Waals surface area contributed by atoms with Crippen LogP contribution in [0, 0.1) is 23.7 Å². The van der Waals surface area contributed by atoms with Crippen LogP contribution in [-0.4, -0.2) is 75.0 Å². The van der Waals surface area contributed by atoms with Gasteiger partial charge in [0.05, 0.1) is 6.54 Å². The molecule has 4 rings (SSSR count). The minimum Gasteiger partial charge on any atom is -0.480 e. The van der Waals surface area contributed by atoms with Gasteiger partial charge in [-0.2, -0.15) is 0 Å². The molecule has 63 heavy (non-hydrogen) atoms. The summed E-state index contributed by atoms with van der Waals surface area (Å²) in [6, 6.07) is 33.8. The number of aromatic nitrogens is 1. The fraction of sp³-hybridized carbons (Fsp3) is 0.442. The SMILES string of the molecule is CCCCCCC(Cc1ccccc1)C(=O)NCC(=O)N(CC(=O)N(CC(=O)O)C(=O)C(CCc1ccccn1)Cc1ccccc1)C(=O)C(CCCC(C)C)Cc1ccccc1. The average molecular weight is 859 g/mol. The molecule has 0 aliphatic carbocycles. The van der Waals surface area contributed by atoms with Crippen molar-refractivity contribution in [3.63, 3.8) is 0 Å². The number of amides is 5. The van der Waals surface area contributed by atoms with E-state index >= 15 is 0 Å². The van der Waals surface area contributed by atoms with Crippen molar-refractivity contribution in [2.75, 3.05) is 19.6 Å². The molecule has 0 spiro atoms. The summed E-state index contributed by atoms with van der Waals surface area (Å²) in [6.07, 6.45) is 9.76. The molecule has 3 aromatic carbocycles. The van der Waals surface area contributed by atoms with Gasteiger partial charge in [-0.05, 0) is 79.7 Å². The van der Waals surface area contributed by atoms with Gasteiger partial charge in [-0.25, -0.2) is 0 Å². The molecule has 4 aromatic rings. The van der Waals surface area contributed by atoms with Crippen LogP contribution in [0.25, 0.3) is 0 Å². The van der Waals surface area contributed by atoms with E-state index in [-0.39, 0.29) is 18.7 Å². The molecular weight excluding hydrogens is 793 g/mol. The number of benzene rings is 3. The predicted octanol–water partition coefficient (Wildman–Crippen LogP) is 8.30. The molecule has 1 aromatic heterocycles. The summed E-state index contributed by atoms with van der Waals surface area (Å²) in [7, 11) is 0. The Kier molecular flexibility index (Phi) is 21.4. The lowest BCUT2D eigenvalue weighted by Crippen LogP contribution is -2.53. The Labute approximate surface area is 373 Å². The molecular formula is C52H66N4O7. The number of pyridine rings is 1. The van der Waals surface area contributed by atoms with Crippen LogP contribution in [0.2, 0.25) is 0 Å². The van der Waals surface area contributed by atoms with Crippen LogP contribution in [0.15, 0.2) is 115 Å². The predicted molar refractivity (Wildman–Crippen MR) is 245 cm³/mol. The zero-order valence-corrected chi connectivity index (χ0v) is 37.3. The largest absolute Gasteiger partial charge is 0.480 e. The van der Waals surface area contributed by atoms with Gasteiger partial charge in [-0.15, -0.1) is 0 Å². The molecule has 0 saturated carbocycles. The third-order valence-electron chi connectivity index (χ3n) is 11.4. The molecule has 3 atom stereocenters. The first-order valence-corrected chi connectivity index (χ1v) is 22.6. The number of rotatable bonds is 27. The Bertz CT molecular complexity index is 2010. The fourth-order valence-electron chi connectivity index (χ4n) is 7.88. The Morgan fingerprint density at radius 3 is 1.59 bits per heavy atom. The maximum atomic E-state index is 14.8. The van der Waals surface area contributed by atoms with Crippen molar-refractivity contribution < 1.29 is 33.9 Å². The first-order valence-electron chi connectivity index (χ1n) is 22.6. The van der Waals surface area contributed by atoms with Gasteiger partial charge in [0, 0.05) is 29.6 Å². The summed E-state index contributed by atoms with van der Waals surface area (Å²) in [5.74, 6) is -6.50. The van der Waals surface area contributed by atoms with Gasteiger partial charge in [0.1, 0.15) is 13.1 Å². The number of carbonyl (C=O) groups excluding carboxylic acids is 5. The van der Waals surface area contributed by atoms with Gasteiger partial charge >= 0.3 is 5.97 Å². The maximum Gasteiger partial charge on any atom is 0.323 e. The van der Waals surface area contributed by atoms with E-state index in [0.29, 0.717) is 49.3 Å². The van der Waals surface area contributed by atoms with Crippen LogP contribution in [0.4, 0.5) is 0 Å². The first kappa shape index (κ1) is 49.7. The first-order chi connectivity index (χ1) is 30.4. The van der Waals surface area contributed by atoms with Crippen molar-refractivity contribution in [1.29, 1.82) is 0 Å². The van der Waals surface area contributed by atoms with Gasteiger partial charge in [-0.1, -0.05) is 156 Å². The third-order valence-corrected chi connectivity index (χ3v) is 11.4. The highest BCUT2D eigenvalue weighted by Crippen LogP contribution is 2.23. The lowest BCUT2D eigenvalue weighted by atomic mass is 9.91. The van der Waals surface area contributed by atoms with Crippen molar-refractivity contribution in [2.24, 2.45) is 23.7 Å².